The molecule has 0 bridgehead atoms. The second-order valence-corrected chi connectivity index (χ2v) is 7.43. The number of likely N-dealkylation sites (tertiary alicyclic amines) is 1. The normalized spacial score (nSPS) is 16.7. The maximum Gasteiger partial charge on any atom is 0.227 e. The SMILES string of the molecule is O=C(Cc1cccnc1)N1CCC[C@@H](c2cccc(Cc3ccccc3)n2)C1. The number of rotatable bonds is 5. The Labute approximate surface area is 166 Å². The molecule has 0 radical (unpaired) electrons. The molecule has 0 spiro atoms. The van der Waals surface area contributed by atoms with Crippen LogP contribution in [-0.2, 0) is 17.6 Å². The van der Waals surface area contributed by atoms with Crippen LogP contribution >= 0.6 is 0 Å². The summed E-state index contributed by atoms with van der Waals surface area (Å²) in [6, 6.07) is 20.5. The molecule has 1 aromatic carbocycles. The molecule has 0 N–H and O–H groups in total. The van der Waals surface area contributed by atoms with Gasteiger partial charge in [-0.15, -0.1) is 0 Å². The highest BCUT2D eigenvalue weighted by molar-refractivity contribution is 5.78. The minimum Gasteiger partial charge on any atom is -0.342 e. The quantitative estimate of drug-likeness (QED) is 0.681. The molecule has 1 saturated heterocycles. The molecule has 142 valence electrons. The van der Waals surface area contributed by atoms with Gasteiger partial charge in [0.1, 0.15) is 0 Å². The lowest BCUT2D eigenvalue weighted by atomic mass is 9.93. The van der Waals surface area contributed by atoms with Gasteiger partial charge in [-0.3, -0.25) is 14.8 Å². The molecule has 4 rings (SSSR count). The molecular weight excluding hydrogens is 346 g/mol. The van der Waals surface area contributed by atoms with E-state index in [1.54, 1.807) is 12.4 Å². The summed E-state index contributed by atoms with van der Waals surface area (Å²) in [4.78, 5) is 23.8. The number of aromatic nitrogens is 2. The number of pyridine rings is 2. The molecule has 3 heterocycles. The number of piperidine rings is 1. The lowest BCUT2D eigenvalue weighted by molar-refractivity contribution is -0.131. The molecule has 1 atom stereocenters. The van der Waals surface area contributed by atoms with E-state index in [2.05, 4.69) is 47.4 Å². The van der Waals surface area contributed by atoms with Crippen LogP contribution in [0.15, 0.2) is 73.1 Å². The van der Waals surface area contributed by atoms with E-state index < -0.39 is 0 Å². The standard InChI is InChI=1S/C24H25N3O/c28-24(16-20-9-5-13-25-17-20)27-14-6-10-21(18-27)23-12-4-11-22(26-23)15-19-7-2-1-3-8-19/h1-5,7-9,11-13,17,21H,6,10,14-16,18H2/t21-/m1/s1. The van der Waals surface area contributed by atoms with Gasteiger partial charge in [0.2, 0.25) is 5.91 Å². The molecule has 4 heteroatoms. The number of nitrogens with zero attached hydrogens (tertiary/aromatic N) is 3. The van der Waals surface area contributed by atoms with Crippen molar-refractivity contribution in [2.75, 3.05) is 13.1 Å². The van der Waals surface area contributed by atoms with Crippen LogP contribution in [0.1, 0.15) is 41.3 Å². The molecule has 3 aromatic rings. The molecule has 1 aliphatic rings. The monoisotopic (exact) mass is 371 g/mol. The van der Waals surface area contributed by atoms with Crippen LogP contribution in [0.5, 0.6) is 0 Å². The second-order valence-electron chi connectivity index (χ2n) is 7.43. The van der Waals surface area contributed by atoms with E-state index in [-0.39, 0.29) is 5.91 Å². The Morgan fingerprint density at radius 1 is 1.00 bits per heavy atom. The van der Waals surface area contributed by atoms with Crippen LogP contribution in [0.2, 0.25) is 0 Å². The van der Waals surface area contributed by atoms with E-state index in [0.717, 1.165) is 49.3 Å². The average Bonchev–Trinajstić information content (AvgIpc) is 2.75. The number of carbonyl (C=O) groups is 1. The Balaban J connectivity index is 1.43. The van der Waals surface area contributed by atoms with Crippen molar-refractivity contribution in [1.82, 2.24) is 14.9 Å². The molecule has 0 aliphatic carbocycles. The van der Waals surface area contributed by atoms with Crippen LogP contribution < -0.4 is 0 Å². The summed E-state index contributed by atoms with van der Waals surface area (Å²) in [5, 5.41) is 0. The predicted molar refractivity (Wildman–Crippen MR) is 110 cm³/mol. The molecule has 1 fully saturated rings. The van der Waals surface area contributed by atoms with Gasteiger partial charge >= 0.3 is 0 Å². The summed E-state index contributed by atoms with van der Waals surface area (Å²) in [5.74, 6) is 0.487. The largest absolute Gasteiger partial charge is 0.342 e. The molecule has 1 aliphatic heterocycles. The average molecular weight is 371 g/mol. The van der Waals surface area contributed by atoms with E-state index in [1.807, 2.05) is 23.1 Å². The van der Waals surface area contributed by atoms with Gasteiger partial charge in [-0.05, 0) is 42.2 Å². The van der Waals surface area contributed by atoms with E-state index in [9.17, 15) is 4.79 Å². The van der Waals surface area contributed by atoms with E-state index in [0.29, 0.717) is 12.3 Å². The fourth-order valence-electron chi connectivity index (χ4n) is 3.86. The van der Waals surface area contributed by atoms with Gasteiger partial charge in [0.05, 0.1) is 6.42 Å². The zero-order chi connectivity index (χ0) is 19.2. The third kappa shape index (κ3) is 4.63. The van der Waals surface area contributed by atoms with E-state index >= 15 is 0 Å². The minimum atomic E-state index is 0.179. The highest BCUT2D eigenvalue weighted by Crippen LogP contribution is 2.26. The van der Waals surface area contributed by atoms with E-state index in [1.165, 1.54) is 5.56 Å². The van der Waals surface area contributed by atoms with Gasteiger partial charge in [-0.25, -0.2) is 0 Å². The Bertz CT molecular complexity index is 911. The van der Waals surface area contributed by atoms with Crippen molar-refractivity contribution in [1.29, 1.82) is 0 Å². The number of hydrogen-bond acceptors (Lipinski definition) is 3. The van der Waals surface area contributed by atoms with Crippen LogP contribution in [0.3, 0.4) is 0 Å². The number of benzene rings is 1. The Morgan fingerprint density at radius 3 is 2.68 bits per heavy atom. The molecule has 1 amide bonds. The fraction of sp³-hybridized carbons (Fsp3) is 0.292. The summed E-state index contributed by atoms with van der Waals surface area (Å²) in [6.07, 6.45) is 6.87. The van der Waals surface area contributed by atoms with Crippen molar-refractivity contribution in [3.05, 3.63) is 95.6 Å². The van der Waals surface area contributed by atoms with Gasteiger partial charge in [0.25, 0.3) is 0 Å². The summed E-state index contributed by atoms with van der Waals surface area (Å²) >= 11 is 0. The van der Waals surface area contributed by atoms with Gasteiger partial charge in [-0.2, -0.15) is 0 Å². The van der Waals surface area contributed by atoms with Crippen LogP contribution in [0.4, 0.5) is 0 Å². The lowest BCUT2D eigenvalue weighted by Crippen LogP contribution is -2.40. The molecule has 28 heavy (non-hydrogen) atoms. The van der Waals surface area contributed by atoms with Crippen LogP contribution in [-0.4, -0.2) is 33.9 Å². The second kappa shape index (κ2) is 8.79. The van der Waals surface area contributed by atoms with Crippen molar-refractivity contribution >= 4 is 5.91 Å². The Hall–Kier alpha value is -3.01. The molecule has 4 nitrogen and oxygen atoms in total. The van der Waals surface area contributed by atoms with Crippen molar-refractivity contribution in [3.8, 4) is 0 Å². The number of hydrogen-bond donors (Lipinski definition) is 0. The highest BCUT2D eigenvalue weighted by atomic mass is 16.2. The van der Waals surface area contributed by atoms with Crippen molar-refractivity contribution < 1.29 is 4.79 Å². The zero-order valence-electron chi connectivity index (χ0n) is 16.0. The predicted octanol–water partition coefficient (Wildman–Crippen LogP) is 4.02. The maximum atomic E-state index is 12.7. The first-order chi connectivity index (χ1) is 13.8. The zero-order valence-corrected chi connectivity index (χ0v) is 16.0. The van der Waals surface area contributed by atoms with E-state index in [4.69, 9.17) is 4.98 Å². The first-order valence-corrected chi connectivity index (χ1v) is 9.94. The molecule has 0 saturated carbocycles. The summed E-state index contributed by atoms with van der Waals surface area (Å²) in [6.45, 7) is 1.58. The molecule has 0 unspecified atom stereocenters. The lowest BCUT2D eigenvalue weighted by Gasteiger charge is -2.32. The van der Waals surface area contributed by atoms with Crippen molar-refractivity contribution in [2.24, 2.45) is 0 Å². The van der Waals surface area contributed by atoms with Crippen LogP contribution in [0.25, 0.3) is 0 Å². The van der Waals surface area contributed by atoms with Crippen LogP contribution in [0, 0.1) is 0 Å². The smallest absolute Gasteiger partial charge is 0.227 e. The van der Waals surface area contributed by atoms with Gasteiger partial charge in [0, 0.05) is 49.2 Å². The third-order valence-electron chi connectivity index (χ3n) is 5.33. The number of carbonyl (C=O) groups excluding carboxylic acids is 1. The highest BCUT2D eigenvalue weighted by Gasteiger charge is 2.25. The first kappa shape index (κ1) is 18.4. The first-order valence-electron chi connectivity index (χ1n) is 9.94. The summed E-state index contributed by atoms with van der Waals surface area (Å²) in [5.41, 5.74) is 4.43. The van der Waals surface area contributed by atoms with Crippen molar-refractivity contribution in [2.45, 2.75) is 31.6 Å². The Morgan fingerprint density at radius 2 is 1.86 bits per heavy atom. The third-order valence-corrected chi connectivity index (χ3v) is 5.33. The number of amides is 1. The maximum absolute atomic E-state index is 12.7. The van der Waals surface area contributed by atoms with Gasteiger partial charge < -0.3 is 4.90 Å². The molecule has 2 aromatic heterocycles. The van der Waals surface area contributed by atoms with Gasteiger partial charge in [0.15, 0.2) is 0 Å². The summed E-state index contributed by atoms with van der Waals surface area (Å²) in [7, 11) is 0. The van der Waals surface area contributed by atoms with Crippen molar-refractivity contribution in [3.63, 3.8) is 0 Å². The Kier molecular flexibility index (Phi) is 5.76. The summed E-state index contributed by atoms with van der Waals surface area (Å²) < 4.78 is 0. The van der Waals surface area contributed by atoms with Gasteiger partial charge in [-0.1, -0.05) is 42.5 Å². The molecular formula is C24H25N3O. The fourth-order valence-corrected chi connectivity index (χ4v) is 3.86. The minimum absolute atomic E-state index is 0.179. The topological polar surface area (TPSA) is 46.1 Å².